The van der Waals surface area contributed by atoms with Gasteiger partial charge in [0.15, 0.2) is 9.92 Å². The summed E-state index contributed by atoms with van der Waals surface area (Å²) in [5.41, 5.74) is 4.91. The van der Waals surface area contributed by atoms with E-state index in [9.17, 15) is 9.00 Å². The summed E-state index contributed by atoms with van der Waals surface area (Å²) in [6.45, 7) is 2.97. The number of carbonyl (C=O) groups is 1. The monoisotopic (exact) mass is 402 g/mol. The summed E-state index contributed by atoms with van der Waals surface area (Å²) in [7, 11) is -3.46. The van der Waals surface area contributed by atoms with Crippen LogP contribution in [-0.2, 0) is 29.3 Å². The molecular formula is C18H22N6O3S. The summed E-state index contributed by atoms with van der Waals surface area (Å²) in [4.78, 5) is 17.6. The molecule has 3 aliphatic rings. The number of carbonyl (C=O) groups excluding carboxylic acids is 1. The lowest BCUT2D eigenvalue weighted by Crippen LogP contribution is -2.19. The molecule has 10 heteroatoms. The molecule has 3 N–H and O–H groups in total. The van der Waals surface area contributed by atoms with Crippen LogP contribution >= 0.6 is 0 Å². The maximum Gasteiger partial charge on any atom is 0.354 e. The summed E-state index contributed by atoms with van der Waals surface area (Å²) < 4.78 is 23.7. The minimum Gasteiger partial charge on any atom is -0.475 e. The second kappa shape index (κ2) is 6.28. The molecule has 1 atom stereocenters. The highest BCUT2D eigenvalue weighted by molar-refractivity contribution is 7.91. The molecule has 0 radical (unpaired) electrons. The summed E-state index contributed by atoms with van der Waals surface area (Å²) in [5.74, 6) is 0.797. The number of hydrogen-bond acceptors (Lipinski definition) is 5. The lowest BCUT2D eigenvalue weighted by Gasteiger charge is -2.16. The van der Waals surface area contributed by atoms with E-state index in [0.29, 0.717) is 24.9 Å². The Labute approximate surface area is 163 Å². The van der Waals surface area contributed by atoms with E-state index in [1.165, 1.54) is 6.20 Å². The fourth-order valence-electron chi connectivity index (χ4n) is 4.02. The number of amides is 2. The maximum absolute atomic E-state index is 12.9. The number of fused-ring (bicyclic) bond motifs is 2. The average molecular weight is 402 g/mol. The van der Waals surface area contributed by atoms with Crippen molar-refractivity contribution >= 4 is 21.6 Å². The van der Waals surface area contributed by atoms with E-state index in [1.807, 2.05) is 6.92 Å². The lowest BCUT2D eigenvalue weighted by molar-refractivity contribution is 0.260. The Morgan fingerprint density at radius 3 is 3.04 bits per heavy atom. The number of pyridine rings is 1. The molecule has 28 heavy (non-hydrogen) atoms. The summed E-state index contributed by atoms with van der Waals surface area (Å²) in [5, 5.41) is 12.8. The Bertz CT molecular complexity index is 1110. The smallest absolute Gasteiger partial charge is 0.354 e. The molecule has 1 fully saturated rings. The molecule has 2 aromatic rings. The van der Waals surface area contributed by atoms with Crippen molar-refractivity contribution in [3.05, 3.63) is 28.7 Å². The van der Waals surface area contributed by atoms with Crippen LogP contribution in [0.3, 0.4) is 0 Å². The number of nitrogens with one attached hydrogen (secondary N) is 1. The van der Waals surface area contributed by atoms with Crippen molar-refractivity contribution in [1.82, 2.24) is 14.8 Å². The molecular weight excluding hydrogens is 380 g/mol. The van der Waals surface area contributed by atoms with Crippen LogP contribution in [0.5, 0.6) is 5.88 Å². The third kappa shape index (κ3) is 2.87. The molecule has 2 aliphatic carbocycles. The number of urea groups is 1. The minimum absolute atomic E-state index is 0.149. The number of nitrogens with zero attached hydrogens (tertiary/aromatic N) is 4. The first-order valence-corrected chi connectivity index (χ1v) is 11.1. The number of aryl methyl sites for hydroxylation is 1. The van der Waals surface area contributed by atoms with Crippen molar-refractivity contribution in [2.24, 2.45) is 9.50 Å². The van der Waals surface area contributed by atoms with Crippen molar-refractivity contribution < 1.29 is 13.7 Å². The molecule has 1 aliphatic heterocycles. The minimum atomic E-state index is -3.46. The number of nitrogens with two attached hydrogens (primary N) is 1. The van der Waals surface area contributed by atoms with Gasteiger partial charge in [0.1, 0.15) is 11.5 Å². The van der Waals surface area contributed by atoms with Crippen molar-refractivity contribution in [2.75, 3.05) is 11.9 Å². The van der Waals surface area contributed by atoms with Crippen LogP contribution < -0.4 is 15.2 Å². The van der Waals surface area contributed by atoms with Crippen LogP contribution in [0.25, 0.3) is 0 Å². The molecule has 0 spiro atoms. The van der Waals surface area contributed by atoms with E-state index >= 15 is 0 Å². The van der Waals surface area contributed by atoms with Crippen LogP contribution in [0.4, 0.5) is 10.5 Å². The summed E-state index contributed by atoms with van der Waals surface area (Å²) >= 11 is 0. The molecule has 2 amide bonds. The second-order valence-electron chi connectivity index (χ2n) is 7.53. The molecule has 148 valence electrons. The SMILES string of the molecule is Cc1c(C2CC2)nc2c(c1NC(=O)N=S(N)(=O)c1cnn3c1OCC3)CCC2. The topological polar surface area (TPSA) is 124 Å². The van der Waals surface area contributed by atoms with Crippen LogP contribution in [0.2, 0.25) is 0 Å². The van der Waals surface area contributed by atoms with Gasteiger partial charge in [0.25, 0.3) is 0 Å². The summed E-state index contributed by atoms with van der Waals surface area (Å²) in [6, 6.07) is -0.726. The van der Waals surface area contributed by atoms with E-state index in [0.717, 1.165) is 60.3 Å². The van der Waals surface area contributed by atoms with E-state index in [4.69, 9.17) is 14.9 Å². The van der Waals surface area contributed by atoms with Gasteiger partial charge >= 0.3 is 6.03 Å². The van der Waals surface area contributed by atoms with Gasteiger partial charge in [-0.2, -0.15) is 5.10 Å². The van der Waals surface area contributed by atoms with Gasteiger partial charge in [0, 0.05) is 17.3 Å². The molecule has 2 aromatic heterocycles. The number of hydrogen-bond donors (Lipinski definition) is 2. The maximum atomic E-state index is 12.9. The van der Waals surface area contributed by atoms with Crippen molar-refractivity contribution in [2.45, 2.75) is 56.4 Å². The highest BCUT2D eigenvalue weighted by Crippen LogP contribution is 2.44. The van der Waals surface area contributed by atoms with Gasteiger partial charge in [-0.05, 0) is 50.2 Å². The van der Waals surface area contributed by atoms with Crippen molar-refractivity contribution in [3.63, 3.8) is 0 Å². The van der Waals surface area contributed by atoms with Gasteiger partial charge in [0.2, 0.25) is 5.88 Å². The Morgan fingerprint density at radius 2 is 2.25 bits per heavy atom. The molecule has 3 heterocycles. The fourth-order valence-corrected chi connectivity index (χ4v) is 5.02. The molecule has 0 aromatic carbocycles. The zero-order valence-corrected chi connectivity index (χ0v) is 16.4. The zero-order valence-electron chi connectivity index (χ0n) is 15.6. The molecule has 1 saturated carbocycles. The predicted octanol–water partition coefficient (Wildman–Crippen LogP) is 2.28. The first-order chi connectivity index (χ1) is 13.4. The Balaban J connectivity index is 1.49. The Morgan fingerprint density at radius 1 is 1.43 bits per heavy atom. The molecule has 9 nitrogen and oxygen atoms in total. The van der Waals surface area contributed by atoms with E-state index < -0.39 is 15.9 Å². The van der Waals surface area contributed by atoms with Gasteiger partial charge in [-0.1, -0.05) is 0 Å². The summed E-state index contributed by atoms with van der Waals surface area (Å²) in [6.07, 6.45) is 6.43. The van der Waals surface area contributed by atoms with Crippen molar-refractivity contribution in [1.29, 1.82) is 0 Å². The van der Waals surface area contributed by atoms with Gasteiger partial charge in [-0.25, -0.2) is 18.8 Å². The molecule has 1 unspecified atom stereocenters. The highest BCUT2D eigenvalue weighted by Gasteiger charge is 2.31. The number of anilines is 1. The Kier molecular flexibility index (Phi) is 3.95. The van der Waals surface area contributed by atoms with E-state index in [1.54, 1.807) is 4.68 Å². The average Bonchev–Trinajstić information content (AvgIpc) is 3.04. The lowest BCUT2D eigenvalue weighted by atomic mass is 10.0. The standard InChI is InChI=1S/C18H22N6O3S/c1-10-15(11-5-6-11)21-13-4-2-3-12(13)16(10)22-18(25)23-28(19,26)14-9-20-24-7-8-27-17(14)24/h9,11H,2-8H2,1H3,(H3,19,21,22,23,25,26). The largest absolute Gasteiger partial charge is 0.475 e. The third-order valence-electron chi connectivity index (χ3n) is 5.54. The van der Waals surface area contributed by atoms with Gasteiger partial charge in [-0.3, -0.25) is 4.98 Å². The number of rotatable bonds is 3. The van der Waals surface area contributed by atoms with E-state index in [-0.39, 0.29) is 4.90 Å². The molecule has 0 bridgehead atoms. The van der Waals surface area contributed by atoms with Gasteiger partial charge < -0.3 is 10.1 Å². The molecule has 5 rings (SSSR count). The first-order valence-electron chi connectivity index (χ1n) is 9.51. The van der Waals surface area contributed by atoms with Crippen LogP contribution in [0.1, 0.15) is 47.7 Å². The second-order valence-corrected chi connectivity index (χ2v) is 9.29. The van der Waals surface area contributed by atoms with E-state index in [2.05, 4.69) is 14.8 Å². The number of ether oxygens (including phenoxy) is 1. The zero-order chi connectivity index (χ0) is 19.5. The number of aromatic nitrogens is 3. The third-order valence-corrected chi connectivity index (χ3v) is 6.88. The van der Waals surface area contributed by atoms with Crippen LogP contribution in [0, 0.1) is 6.92 Å². The highest BCUT2D eigenvalue weighted by atomic mass is 32.2. The van der Waals surface area contributed by atoms with Crippen LogP contribution in [-0.4, -0.2) is 31.6 Å². The Hall–Kier alpha value is -2.46. The van der Waals surface area contributed by atoms with Gasteiger partial charge in [0.05, 0.1) is 18.4 Å². The predicted molar refractivity (Wildman–Crippen MR) is 103 cm³/mol. The quantitative estimate of drug-likeness (QED) is 0.815. The van der Waals surface area contributed by atoms with Crippen LogP contribution in [0.15, 0.2) is 15.5 Å². The first kappa shape index (κ1) is 17.6. The normalized spacial score (nSPS) is 19.5. The van der Waals surface area contributed by atoms with Crippen molar-refractivity contribution in [3.8, 4) is 5.88 Å². The van der Waals surface area contributed by atoms with Gasteiger partial charge in [-0.15, -0.1) is 4.36 Å². The molecule has 0 saturated heterocycles. The fraction of sp³-hybridized carbons (Fsp3) is 0.500.